The van der Waals surface area contributed by atoms with Crippen LogP contribution in [0.5, 0.6) is 5.75 Å². The lowest BCUT2D eigenvalue weighted by Gasteiger charge is -2.34. The summed E-state index contributed by atoms with van der Waals surface area (Å²) < 4.78 is 30.3. The van der Waals surface area contributed by atoms with E-state index in [1.165, 1.54) is 19.2 Å². The number of aliphatic hydroxyl groups excluding tert-OH is 1. The quantitative estimate of drug-likeness (QED) is 0.0652. The number of hydrogen-bond acceptors (Lipinski definition) is 12. The van der Waals surface area contributed by atoms with E-state index in [-0.39, 0.29) is 41.8 Å². The lowest BCUT2D eigenvalue weighted by molar-refractivity contribution is -0.141. The second kappa shape index (κ2) is 14.9. The van der Waals surface area contributed by atoms with Crippen LogP contribution in [0.25, 0.3) is 0 Å². The molecule has 254 valence electrons. The minimum atomic E-state index is -3.59. The second-order valence-electron chi connectivity index (χ2n) is 11.8. The van der Waals surface area contributed by atoms with E-state index in [1.807, 2.05) is 54.6 Å². The average molecular weight is 678 g/mol. The van der Waals surface area contributed by atoms with Crippen LogP contribution in [0.3, 0.4) is 0 Å². The number of phenols is 1. The molecule has 0 amide bonds. The minimum Gasteiger partial charge on any atom is -0.506 e. The Morgan fingerprint density at radius 2 is 1.65 bits per heavy atom. The van der Waals surface area contributed by atoms with Gasteiger partial charge in [-0.2, -0.15) is 0 Å². The number of esters is 1. The van der Waals surface area contributed by atoms with Crippen LogP contribution in [0.15, 0.2) is 82.4 Å². The third-order valence-electron chi connectivity index (χ3n) is 8.29. The number of sulfonamides is 1. The highest BCUT2D eigenvalue weighted by Crippen LogP contribution is 2.29. The molecular formula is C34H39N5O8S. The molecule has 0 bridgehead atoms. The zero-order valence-electron chi connectivity index (χ0n) is 26.6. The fourth-order valence-corrected chi connectivity index (χ4v) is 6.25. The molecule has 14 heteroatoms. The van der Waals surface area contributed by atoms with Crippen LogP contribution < -0.4 is 36.4 Å². The molecule has 0 radical (unpaired) electrons. The van der Waals surface area contributed by atoms with Crippen LogP contribution in [0.2, 0.25) is 0 Å². The normalized spacial score (nSPS) is 15.1. The van der Waals surface area contributed by atoms with Crippen LogP contribution in [-0.4, -0.2) is 69.7 Å². The molecule has 4 aromatic carbocycles. The van der Waals surface area contributed by atoms with Crippen LogP contribution in [-0.2, 0) is 26.0 Å². The second-order valence-corrected chi connectivity index (χ2v) is 13.6. The largest absolute Gasteiger partial charge is 0.506 e. The number of ether oxygens (including phenoxy) is 1. The van der Waals surface area contributed by atoms with Crippen molar-refractivity contribution >= 4 is 44.4 Å². The summed E-state index contributed by atoms with van der Waals surface area (Å²) in [6, 6.07) is 20.4. The average Bonchev–Trinajstić information content (AvgIpc) is 3.09. The van der Waals surface area contributed by atoms with Crippen molar-refractivity contribution in [2.75, 3.05) is 53.3 Å². The maximum Gasteiger partial charge on any atom is 0.328 e. The number of nitrogens with zero attached hydrogens (tertiary/aromatic N) is 1. The maximum atomic E-state index is 12.5. The van der Waals surface area contributed by atoms with Crippen LogP contribution in [0, 0.1) is 0 Å². The number of anilines is 5. The Hall–Kier alpha value is -4.92. The first-order valence-corrected chi connectivity index (χ1v) is 17.4. The molecule has 0 saturated carbocycles. The van der Waals surface area contributed by atoms with Gasteiger partial charge in [-0.3, -0.25) is 14.3 Å². The number of phenolic OH excluding ortho intramolecular Hbond substituents is 1. The number of rotatable bonds is 14. The van der Waals surface area contributed by atoms with Crippen LogP contribution in [0.4, 0.5) is 28.4 Å². The molecule has 6 N–H and O–H groups in total. The van der Waals surface area contributed by atoms with Crippen molar-refractivity contribution in [3.8, 4) is 5.75 Å². The van der Waals surface area contributed by atoms with Gasteiger partial charge in [-0.15, -0.1) is 0 Å². The Balaban J connectivity index is 1.13. The molecular weight excluding hydrogens is 638 g/mol. The Labute approximate surface area is 278 Å². The number of hydrogen-bond donors (Lipinski definition) is 6. The number of carbonyl (C=O) groups excluding carboxylic acids is 1. The number of methoxy groups -OCH3 is 1. The van der Waals surface area contributed by atoms with Crippen molar-refractivity contribution in [2.45, 2.75) is 37.5 Å². The topological polar surface area (TPSA) is 186 Å². The zero-order chi connectivity index (χ0) is 34.4. The van der Waals surface area contributed by atoms with Gasteiger partial charge < -0.3 is 35.8 Å². The molecule has 1 fully saturated rings. The molecule has 0 aliphatic carbocycles. The third kappa shape index (κ3) is 8.51. The predicted molar refractivity (Wildman–Crippen MR) is 185 cm³/mol. The van der Waals surface area contributed by atoms with E-state index in [0.717, 1.165) is 43.4 Å². The van der Waals surface area contributed by atoms with Gasteiger partial charge in [0.05, 0.1) is 25.2 Å². The smallest absolute Gasteiger partial charge is 0.328 e. The van der Waals surface area contributed by atoms with Gasteiger partial charge in [-0.05, 0) is 60.4 Å². The van der Waals surface area contributed by atoms with Gasteiger partial charge in [0.25, 0.3) is 10.9 Å². The van der Waals surface area contributed by atoms with Crippen LogP contribution >= 0.6 is 0 Å². The lowest BCUT2D eigenvalue weighted by atomic mass is 10.0. The molecule has 13 nitrogen and oxygen atoms in total. The summed E-state index contributed by atoms with van der Waals surface area (Å²) in [5.74, 6) is -0.776. The summed E-state index contributed by atoms with van der Waals surface area (Å²) >= 11 is 0. The van der Waals surface area contributed by atoms with Gasteiger partial charge in [-0.1, -0.05) is 36.4 Å². The molecule has 48 heavy (non-hydrogen) atoms. The zero-order valence-corrected chi connectivity index (χ0v) is 27.4. The number of aliphatic hydroxyl groups is 1. The molecule has 1 aliphatic heterocycles. The molecule has 0 unspecified atom stereocenters. The first-order chi connectivity index (χ1) is 22.9. The van der Waals surface area contributed by atoms with E-state index in [0.29, 0.717) is 11.3 Å². The van der Waals surface area contributed by atoms with Crippen molar-refractivity contribution < 1.29 is 28.2 Å². The third-order valence-corrected chi connectivity index (χ3v) is 8.89. The van der Waals surface area contributed by atoms with Gasteiger partial charge >= 0.3 is 5.97 Å². The Bertz CT molecular complexity index is 1900. The van der Waals surface area contributed by atoms with Crippen LogP contribution in [0.1, 0.15) is 30.1 Å². The minimum absolute atomic E-state index is 0.0104. The van der Waals surface area contributed by atoms with Crippen molar-refractivity contribution in [2.24, 2.45) is 0 Å². The van der Waals surface area contributed by atoms with Gasteiger partial charge in [0, 0.05) is 43.5 Å². The van der Waals surface area contributed by atoms with E-state index in [2.05, 4.69) is 25.6 Å². The summed E-state index contributed by atoms with van der Waals surface area (Å²) in [6.45, 7) is 1.80. The van der Waals surface area contributed by atoms with E-state index in [1.54, 1.807) is 6.07 Å². The summed E-state index contributed by atoms with van der Waals surface area (Å²) in [7, 11) is -2.32. The van der Waals surface area contributed by atoms with Gasteiger partial charge in [0.15, 0.2) is 0 Å². The summed E-state index contributed by atoms with van der Waals surface area (Å²) in [5.41, 5.74) is 1.74. The van der Waals surface area contributed by atoms with E-state index in [9.17, 15) is 33.0 Å². The SMILES string of the molecule is COC(=O)[C@@H](Cc1ccccc1)Nc1c(Nc2ccc(N3CCC(NC[C@H](O)c4ccc(O)c(NS(C)(=O)=O)c4)CC3)cc2)c(=O)c1=O. The molecule has 1 saturated heterocycles. The first kappa shape index (κ1) is 34.4. The Kier molecular flexibility index (Phi) is 10.7. The Morgan fingerprint density at radius 1 is 0.979 bits per heavy atom. The van der Waals surface area contributed by atoms with E-state index >= 15 is 0 Å². The van der Waals surface area contributed by atoms with E-state index < -0.39 is 39.0 Å². The molecule has 2 atom stereocenters. The molecule has 4 aromatic rings. The highest BCUT2D eigenvalue weighted by molar-refractivity contribution is 7.92. The van der Waals surface area contributed by atoms with Gasteiger partial charge in [-0.25, -0.2) is 13.2 Å². The lowest BCUT2D eigenvalue weighted by Crippen LogP contribution is -2.43. The highest BCUT2D eigenvalue weighted by Gasteiger charge is 2.28. The molecule has 0 aromatic heterocycles. The monoisotopic (exact) mass is 677 g/mol. The summed E-state index contributed by atoms with van der Waals surface area (Å²) in [5, 5.41) is 30.0. The fraction of sp³-hybridized carbons (Fsp3) is 0.324. The fourth-order valence-electron chi connectivity index (χ4n) is 5.69. The van der Waals surface area contributed by atoms with E-state index in [4.69, 9.17) is 4.74 Å². The molecule has 0 spiro atoms. The number of piperidine rings is 1. The van der Waals surface area contributed by atoms with Crippen molar-refractivity contribution in [3.05, 3.63) is 104 Å². The highest BCUT2D eigenvalue weighted by atomic mass is 32.2. The maximum absolute atomic E-state index is 12.5. The summed E-state index contributed by atoms with van der Waals surface area (Å²) in [4.78, 5) is 39.6. The van der Waals surface area contributed by atoms with Crippen molar-refractivity contribution in [1.29, 1.82) is 0 Å². The van der Waals surface area contributed by atoms with Gasteiger partial charge in [0.2, 0.25) is 10.0 Å². The number of carbonyl (C=O) groups is 1. The van der Waals surface area contributed by atoms with Gasteiger partial charge in [0.1, 0.15) is 23.2 Å². The Morgan fingerprint density at radius 3 is 2.29 bits per heavy atom. The number of benzene rings is 3. The molecule has 1 heterocycles. The summed E-state index contributed by atoms with van der Waals surface area (Å²) in [6.07, 6.45) is 2.01. The predicted octanol–water partition coefficient (Wildman–Crippen LogP) is 2.59. The number of aromatic hydroxyl groups is 1. The van der Waals surface area contributed by atoms with Crippen molar-refractivity contribution in [1.82, 2.24) is 5.32 Å². The van der Waals surface area contributed by atoms with Crippen molar-refractivity contribution in [3.63, 3.8) is 0 Å². The standard InChI is InChI=1S/C34H39N5O8S/c1-47-34(44)27(18-21-6-4-3-5-7-21)37-31-30(32(42)33(31)43)36-24-9-11-25(12-10-24)39-16-14-23(15-17-39)35-20-29(41)22-8-13-28(40)26(19-22)38-48(2,45)46/h3-13,19,23,27,29,35-38,40-41H,14-18,20H2,1-2H3/t27-,29+/m1/s1. The molecule has 1 aliphatic rings. The number of nitrogens with one attached hydrogen (secondary N) is 4. The first-order valence-electron chi connectivity index (χ1n) is 15.5. The molecule has 5 rings (SSSR count).